The second kappa shape index (κ2) is 8.16. The van der Waals surface area contributed by atoms with E-state index in [0.29, 0.717) is 25.3 Å². The van der Waals surface area contributed by atoms with Crippen molar-refractivity contribution >= 4 is 23.1 Å². The molecule has 164 valence electrons. The van der Waals surface area contributed by atoms with Gasteiger partial charge >= 0.3 is 0 Å². The Morgan fingerprint density at radius 1 is 1.06 bits per heavy atom. The number of nitrogens with one attached hydrogen (secondary N) is 1. The van der Waals surface area contributed by atoms with Gasteiger partial charge < -0.3 is 14.8 Å². The Morgan fingerprint density at radius 2 is 1.97 bits per heavy atom. The number of anilines is 1. The molecule has 1 amide bonds. The van der Waals surface area contributed by atoms with Gasteiger partial charge in [0.1, 0.15) is 23.1 Å². The molecular formula is C26H22N4O3. The summed E-state index contributed by atoms with van der Waals surface area (Å²) < 4.78 is 12.3. The highest BCUT2D eigenvalue weighted by atomic mass is 16.5. The first kappa shape index (κ1) is 19.7. The van der Waals surface area contributed by atoms with Gasteiger partial charge in [-0.3, -0.25) is 14.8 Å². The minimum absolute atomic E-state index is 0.0134. The number of hydrogen-bond donors (Lipinski definition) is 1. The average Bonchev–Trinajstić information content (AvgIpc) is 3.35. The van der Waals surface area contributed by atoms with Crippen molar-refractivity contribution in [1.82, 2.24) is 9.97 Å². The van der Waals surface area contributed by atoms with Crippen LogP contribution in [0.2, 0.25) is 0 Å². The maximum atomic E-state index is 11.7. The van der Waals surface area contributed by atoms with E-state index < -0.39 is 0 Å². The zero-order chi connectivity index (χ0) is 22.2. The first-order valence-electron chi connectivity index (χ1n) is 11.1. The van der Waals surface area contributed by atoms with Gasteiger partial charge in [-0.05, 0) is 54.8 Å². The molecule has 3 aromatic rings. The highest BCUT2D eigenvalue weighted by molar-refractivity contribution is 5.97. The standard InChI is InChI=1S/C26H22N4O3/c31-25-6-2-20-24(9-12-28-26(20)30-25)33-19-1-5-23-17(14-19)13-18(15-32-23)22-4-3-21(29-22)16-7-10-27-11-8-16/h1,3,5,7-12,14,18H,2,4,6,13,15H2,(H,28,30,31). The van der Waals surface area contributed by atoms with Crippen LogP contribution in [0.5, 0.6) is 17.2 Å². The van der Waals surface area contributed by atoms with Crippen LogP contribution in [0.1, 0.15) is 29.5 Å². The van der Waals surface area contributed by atoms with E-state index in [1.807, 2.05) is 36.4 Å². The third-order valence-corrected chi connectivity index (χ3v) is 6.25. The molecule has 2 aromatic heterocycles. The molecule has 0 saturated heterocycles. The Hall–Kier alpha value is -4.00. The molecule has 0 aliphatic carbocycles. The molecule has 0 saturated carbocycles. The predicted molar refractivity (Wildman–Crippen MR) is 125 cm³/mol. The second-order valence-corrected chi connectivity index (χ2v) is 8.40. The number of ether oxygens (including phenoxy) is 2. The Kier molecular flexibility index (Phi) is 4.87. The Bertz CT molecular complexity index is 1300. The lowest BCUT2D eigenvalue weighted by atomic mass is 9.91. The minimum atomic E-state index is -0.0134. The van der Waals surface area contributed by atoms with E-state index in [1.54, 1.807) is 18.6 Å². The zero-order valence-electron chi connectivity index (χ0n) is 18.0. The summed E-state index contributed by atoms with van der Waals surface area (Å²) >= 11 is 0. The monoisotopic (exact) mass is 438 g/mol. The van der Waals surface area contributed by atoms with Crippen LogP contribution < -0.4 is 14.8 Å². The summed E-state index contributed by atoms with van der Waals surface area (Å²) in [5.41, 5.74) is 5.28. The normalized spacial score (nSPS) is 18.9. The molecule has 0 fully saturated rings. The number of aliphatic imine (C=N–C) groups is 1. The van der Waals surface area contributed by atoms with Gasteiger partial charge in [-0.25, -0.2) is 4.98 Å². The van der Waals surface area contributed by atoms with Crippen molar-refractivity contribution in [3.63, 3.8) is 0 Å². The SMILES string of the molecule is O=C1CCc2c(Oc3ccc4c(c3)CC(C3=NC(c5ccncc5)=CC3)CO4)ccnc2N1. The average molecular weight is 438 g/mol. The molecule has 7 heteroatoms. The molecule has 3 aliphatic rings. The van der Waals surface area contributed by atoms with Crippen LogP contribution in [0.4, 0.5) is 5.82 Å². The van der Waals surface area contributed by atoms with Crippen molar-refractivity contribution in [1.29, 1.82) is 0 Å². The fourth-order valence-corrected chi connectivity index (χ4v) is 4.54. The number of pyridine rings is 2. The van der Waals surface area contributed by atoms with Gasteiger partial charge in [0, 0.05) is 54.2 Å². The van der Waals surface area contributed by atoms with Crippen molar-refractivity contribution in [2.45, 2.75) is 25.7 Å². The molecule has 7 nitrogen and oxygen atoms in total. The number of carbonyl (C=O) groups excluding carboxylic acids is 1. The summed E-state index contributed by atoms with van der Waals surface area (Å²) in [6.07, 6.45) is 10.2. The summed E-state index contributed by atoms with van der Waals surface area (Å²) in [6, 6.07) is 11.7. The van der Waals surface area contributed by atoms with Crippen LogP contribution in [0.15, 0.2) is 66.1 Å². The third-order valence-electron chi connectivity index (χ3n) is 6.25. The minimum Gasteiger partial charge on any atom is -0.493 e. The predicted octanol–water partition coefficient (Wildman–Crippen LogP) is 4.59. The Balaban J connectivity index is 1.21. The maximum Gasteiger partial charge on any atom is 0.225 e. The Morgan fingerprint density at radius 3 is 2.88 bits per heavy atom. The highest BCUT2D eigenvalue weighted by Crippen LogP contribution is 2.37. The van der Waals surface area contributed by atoms with E-state index in [-0.39, 0.29) is 11.8 Å². The smallest absolute Gasteiger partial charge is 0.225 e. The lowest BCUT2D eigenvalue weighted by Gasteiger charge is -2.26. The number of rotatable bonds is 4. The van der Waals surface area contributed by atoms with Gasteiger partial charge in [0.25, 0.3) is 0 Å². The quantitative estimate of drug-likeness (QED) is 0.644. The highest BCUT2D eigenvalue weighted by Gasteiger charge is 2.27. The number of aromatic nitrogens is 2. The molecule has 0 spiro atoms. The van der Waals surface area contributed by atoms with Gasteiger partial charge in [-0.15, -0.1) is 0 Å². The van der Waals surface area contributed by atoms with Gasteiger partial charge in [-0.1, -0.05) is 6.08 Å². The molecule has 1 atom stereocenters. The van der Waals surface area contributed by atoms with Gasteiger partial charge in [0.2, 0.25) is 5.91 Å². The fraction of sp³-hybridized carbons (Fsp3) is 0.231. The summed E-state index contributed by atoms with van der Waals surface area (Å²) in [6.45, 7) is 0.626. The number of amides is 1. The first-order valence-corrected chi connectivity index (χ1v) is 11.1. The summed E-state index contributed by atoms with van der Waals surface area (Å²) in [7, 11) is 0. The van der Waals surface area contributed by atoms with Crippen molar-refractivity contribution in [3.05, 3.63) is 77.8 Å². The number of hydrogen-bond acceptors (Lipinski definition) is 6. The number of allylic oxidation sites excluding steroid dienone is 1. The Labute approximate surface area is 191 Å². The van der Waals surface area contributed by atoms with Gasteiger partial charge in [-0.2, -0.15) is 0 Å². The molecule has 33 heavy (non-hydrogen) atoms. The van der Waals surface area contributed by atoms with Crippen LogP contribution in [-0.2, 0) is 17.6 Å². The van der Waals surface area contributed by atoms with Crippen LogP contribution >= 0.6 is 0 Å². The molecule has 1 unspecified atom stereocenters. The summed E-state index contributed by atoms with van der Waals surface area (Å²) in [5.74, 6) is 3.16. The van der Waals surface area contributed by atoms with E-state index in [4.69, 9.17) is 14.5 Å². The largest absolute Gasteiger partial charge is 0.493 e. The molecule has 0 radical (unpaired) electrons. The topological polar surface area (TPSA) is 85.7 Å². The summed E-state index contributed by atoms with van der Waals surface area (Å²) in [5, 5.41) is 2.82. The number of benzene rings is 1. The second-order valence-electron chi connectivity index (χ2n) is 8.40. The van der Waals surface area contributed by atoms with Crippen molar-refractivity contribution in [2.75, 3.05) is 11.9 Å². The van der Waals surface area contributed by atoms with Crippen LogP contribution in [0.3, 0.4) is 0 Å². The van der Waals surface area contributed by atoms with Crippen LogP contribution in [0.25, 0.3) is 5.70 Å². The molecule has 1 N–H and O–H groups in total. The molecular weight excluding hydrogens is 416 g/mol. The van der Waals surface area contributed by atoms with Crippen molar-refractivity contribution < 1.29 is 14.3 Å². The number of nitrogens with zero attached hydrogens (tertiary/aromatic N) is 3. The third kappa shape index (κ3) is 3.86. The first-order chi connectivity index (χ1) is 16.2. The van der Waals surface area contributed by atoms with E-state index >= 15 is 0 Å². The van der Waals surface area contributed by atoms with Crippen LogP contribution in [0, 0.1) is 5.92 Å². The molecule has 6 rings (SSSR count). The summed E-state index contributed by atoms with van der Waals surface area (Å²) in [4.78, 5) is 24.9. The van der Waals surface area contributed by atoms with E-state index in [0.717, 1.165) is 58.2 Å². The molecule has 0 bridgehead atoms. The van der Waals surface area contributed by atoms with Crippen molar-refractivity contribution in [2.24, 2.45) is 10.9 Å². The molecule has 5 heterocycles. The number of fused-ring (bicyclic) bond motifs is 2. The van der Waals surface area contributed by atoms with E-state index in [1.165, 1.54) is 0 Å². The van der Waals surface area contributed by atoms with E-state index in [2.05, 4.69) is 21.4 Å². The van der Waals surface area contributed by atoms with Gasteiger partial charge in [0.05, 0.1) is 12.3 Å². The van der Waals surface area contributed by atoms with Gasteiger partial charge in [0.15, 0.2) is 0 Å². The zero-order valence-corrected chi connectivity index (χ0v) is 18.0. The van der Waals surface area contributed by atoms with E-state index in [9.17, 15) is 4.79 Å². The number of carbonyl (C=O) groups is 1. The van der Waals surface area contributed by atoms with Crippen LogP contribution in [-0.4, -0.2) is 28.2 Å². The fourth-order valence-electron chi connectivity index (χ4n) is 4.54. The maximum absolute atomic E-state index is 11.7. The lowest BCUT2D eigenvalue weighted by Crippen LogP contribution is -2.27. The lowest BCUT2D eigenvalue weighted by molar-refractivity contribution is -0.116. The van der Waals surface area contributed by atoms with Crippen molar-refractivity contribution in [3.8, 4) is 17.2 Å². The molecule has 3 aliphatic heterocycles. The molecule has 1 aromatic carbocycles.